The van der Waals surface area contributed by atoms with Crippen molar-refractivity contribution in [1.29, 1.82) is 5.26 Å². The fourth-order valence-corrected chi connectivity index (χ4v) is 4.15. The summed E-state index contributed by atoms with van der Waals surface area (Å²) in [7, 11) is 0. The largest absolute Gasteiger partial charge is 0.488 e. The molecule has 0 spiro atoms. The van der Waals surface area contributed by atoms with E-state index in [0.717, 1.165) is 27.4 Å². The number of halogens is 1. The number of anilines is 1. The second-order valence-electron chi connectivity index (χ2n) is 7.79. The Hall–Kier alpha value is -3.88. The van der Waals surface area contributed by atoms with Gasteiger partial charge in [0.05, 0.1) is 4.47 Å². The van der Waals surface area contributed by atoms with Crippen LogP contribution in [0.5, 0.6) is 5.75 Å². The molecule has 0 aliphatic rings. The minimum atomic E-state index is -0.445. The molecule has 34 heavy (non-hydrogen) atoms. The summed E-state index contributed by atoms with van der Waals surface area (Å²) < 4.78 is 6.80. The van der Waals surface area contributed by atoms with Crippen LogP contribution >= 0.6 is 15.9 Å². The summed E-state index contributed by atoms with van der Waals surface area (Å²) in [5.41, 5.74) is 3.68. The van der Waals surface area contributed by atoms with Gasteiger partial charge in [-0.15, -0.1) is 0 Å². The van der Waals surface area contributed by atoms with E-state index in [1.54, 1.807) is 6.08 Å². The van der Waals surface area contributed by atoms with Crippen LogP contribution in [0.15, 0.2) is 95.0 Å². The quantitative estimate of drug-likeness (QED) is 0.209. The van der Waals surface area contributed by atoms with Crippen LogP contribution in [0.4, 0.5) is 5.69 Å². The summed E-state index contributed by atoms with van der Waals surface area (Å²) >= 11 is 3.55. The van der Waals surface area contributed by atoms with Crippen LogP contribution in [-0.4, -0.2) is 5.91 Å². The number of carbonyl (C=O) groups excluding carboxylic acids is 1. The van der Waals surface area contributed by atoms with Crippen molar-refractivity contribution in [3.8, 4) is 11.8 Å². The zero-order valence-electron chi connectivity index (χ0n) is 18.7. The summed E-state index contributed by atoms with van der Waals surface area (Å²) in [6, 6.07) is 29.4. The van der Waals surface area contributed by atoms with E-state index in [9.17, 15) is 10.1 Å². The third kappa shape index (κ3) is 5.54. The Morgan fingerprint density at radius 2 is 1.79 bits per heavy atom. The number of nitrogens with one attached hydrogen (secondary N) is 1. The van der Waals surface area contributed by atoms with E-state index in [2.05, 4.69) is 52.4 Å². The molecule has 0 saturated carbocycles. The minimum Gasteiger partial charge on any atom is -0.488 e. The van der Waals surface area contributed by atoms with Crippen molar-refractivity contribution in [2.75, 3.05) is 5.32 Å². The average molecular weight is 511 g/mol. The van der Waals surface area contributed by atoms with Crippen molar-refractivity contribution in [2.24, 2.45) is 0 Å². The van der Waals surface area contributed by atoms with Crippen LogP contribution in [0.2, 0.25) is 0 Å². The van der Waals surface area contributed by atoms with Gasteiger partial charge in [-0.05, 0) is 80.2 Å². The molecule has 168 valence electrons. The normalized spacial score (nSPS) is 11.1. The Labute approximate surface area is 207 Å². The number of aryl methyl sites for hydroxylation is 1. The molecule has 4 aromatic carbocycles. The number of amides is 1. The molecule has 5 heteroatoms. The molecule has 0 bridgehead atoms. The van der Waals surface area contributed by atoms with E-state index in [-0.39, 0.29) is 5.57 Å². The summed E-state index contributed by atoms with van der Waals surface area (Å²) in [5, 5.41) is 14.6. The molecule has 0 aliphatic heterocycles. The van der Waals surface area contributed by atoms with Gasteiger partial charge in [-0.1, -0.05) is 67.6 Å². The summed E-state index contributed by atoms with van der Waals surface area (Å²) in [4.78, 5) is 12.6. The molecule has 0 fully saturated rings. The summed E-state index contributed by atoms with van der Waals surface area (Å²) in [6.07, 6.45) is 2.49. The molecule has 0 saturated heterocycles. The van der Waals surface area contributed by atoms with Gasteiger partial charge in [0.1, 0.15) is 24.0 Å². The number of fused-ring (bicyclic) bond motifs is 1. The molecule has 0 unspecified atom stereocenters. The first kappa shape index (κ1) is 23.3. The van der Waals surface area contributed by atoms with Crippen molar-refractivity contribution in [2.45, 2.75) is 20.0 Å². The molecule has 0 aromatic heterocycles. The molecule has 0 heterocycles. The molecule has 0 radical (unpaired) electrons. The second kappa shape index (κ2) is 10.8. The van der Waals surface area contributed by atoms with Gasteiger partial charge >= 0.3 is 0 Å². The third-order valence-electron chi connectivity index (χ3n) is 5.52. The molecule has 0 atom stereocenters. The summed E-state index contributed by atoms with van der Waals surface area (Å²) in [5.74, 6) is 0.239. The molecule has 4 rings (SSSR count). The fourth-order valence-electron chi connectivity index (χ4n) is 3.64. The van der Waals surface area contributed by atoms with Gasteiger partial charge in [0.15, 0.2) is 0 Å². The van der Waals surface area contributed by atoms with Gasteiger partial charge in [0, 0.05) is 5.69 Å². The van der Waals surface area contributed by atoms with Gasteiger partial charge in [-0.25, -0.2) is 0 Å². The van der Waals surface area contributed by atoms with Crippen molar-refractivity contribution in [3.63, 3.8) is 0 Å². The standard InChI is InChI=1S/C29H23BrN2O2/c1-2-20-10-13-25(14-11-20)32-29(33)24(18-31)16-21-12-15-28(27(30)17-21)34-19-23-8-5-7-22-6-3-4-9-26(22)23/h3-17H,2,19H2,1H3,(H,32,33)/b24-16+. The van der Waals surface area contributed by atoms with E-state index in [0.29, 0.717) is 18.0 Å². The molecule has 1 amide bonds. The van der Waals surface area contributed by atoms with Gasteiger partial charge in [0.2, 0.25) is 0 Å². The number of rotatable bonds is 7. The Balaban J connectivity index is 1.46. The highest BCUT2D eigenvalue weighted by Gasteiger charge is 2.11. The first-order valence-corrected chi connectivity index (χ1v) is 11.8. The van der Waals surface area contributed by atoms with E-state index in [1.165, 1.54) is 10.9 Å². The maximum atomic E-state index is 12.6. The number of hydrogen-bond acceptors (Lipinski definition) is 3. The van der Waals surface area contributed by atoms with E-state index in [1.807, 2.05) is 66.7 Å². The van der Waals surface area contributed by atoms with Crippen LogP contribution < -0.4 is 10.1 Å². The molecule has 0 aliphatic carbocycles. The highest BCUT2D eigenvalue weighted by Crippen LogP contribution is 2.29. The van der Waals surface area contributed by atoms with E-state index in [4.69, 9.17) is 4.74 Å². The Kier molecular flexibility index (Phi) is 7.41. The Bertz CT molecular complexity index is 1400. The lowest BCUT2D eigenvalue weighted by atomic mass is 10.1. The first-order valence-electron chi connectivity index (χ1n) is 11.0. The minimum absolute atomic E-state index is 0.0240. The lowest BCUT2D eigenvalue weighted by Crippen LogP contribution is -2.13. The van der Waals surface area contributed by atoms with Crippen molar-refractivity contribution in [1.82, 2.24) is 0 Å². The van der Waals surface area contributed by atoms with E-state index < -0.39 is 5.91 Å². The topological polar surface area (TPSA) is 62.1 Å². The third-order valence-corrected chi connectivity index (χ3v) is 6.13. The molecule has 4 nitrogen and oxygen atoms in total. The van der Waals surface area contributed by atoms with Crippen molar-refractivity contribution >= 4 is 44.4 Å². The van der Waals surface area contributed by atoms with Crippen LogP contribution in [0.3, 0.4) is 0 Å². The Morgan fingerprint density at radius 3 is 2.53 bits per heavy atom. The number of hydrogen-bond donors (Lipinski definition) is 1. The van der Waals surface area contributed by atoms with Gasteiger partial charge < -0.3 is 10.1 Å². The number of nitriles is 1. The predicted molar refractivity (Wildman–Crippen MR) is 140 cm³/mol. The number of ether oxygens (including phenoxy) is 1. The Morgan fingerprint density at radius 1 is 1.03 bits per heavy atom. The van der Waals surface area contributed by atoms with Crippen molar-refractivity contribution in [3.05, 3.63) is 112 Å². The smallest absolute Gasteiger partial charge is 0.266 e. The highest BCUT2D eigenvalue weighted by molar-refractivity contribution is 9.10. The van der Waals surface area contributed by atoms with Gasteiger partial charge in [0.25, 0.3) is 5.91 Å². The van der Waals surface area contributed by atoms with Gasteiger partial charge in [-0.2, -0.15) is 5.26 Å². The van der Waals surface area contributed by atoms with Crippen LogP contribution in [-0.2, 0) is 17.8 Å². The lowest BCUT2D eigenvalue weighted by Gasteiger charge is -2.11. The number of benzene rings is 4. The monoisotopic (exact) mass is 510 g/mol. The second-order valence-corrected chi connectivity index (χ2v) is 8.65. The van der Waals surface area contributed by atoms with Crippen LogP contribution in [0, 0.1) is 11.3 Å². The molecular weight excluding hydrogens is 488 g/mol. The van der Waals surface area contributed by atoms with Crippen LogP contribution in [0.25, 0.3) is 16.8 Å². The maximum Gasteiger partial charge on any atom is 0.266 e. The van der Waals surface area contributed by atoms with Gasteiger partial charge in [-0.3, -0.25) is 4.79 Å². The molecular formula is C29H23BrN2O2. The predicted octanol–water partition coefficient (Wildman–Crippen LogP) is 7.29. The zero-order valence-corrected chi connectivity index (χ0v) is 20.3. The lowest BCUT2D eigenvalue weighted by molar-refractivity contribution is -0.112. The molecule has 1 N–H and O–H groups in total. The fraction of sp³-hybridized carbons (Fsp3) is 0.103. The SMILES string of the molecule is CCc1ccc(NC(=O)/C(C#N)=C/c2ccc(OCc3cccc4ccccc34)c(Br)c2)cc1. The number of nitrogens with zero attached hydrogens (tertiary/aromatic N) is 1. The van der Waals surface area contributed by atoms with Crippen molar-refractivity contribution < 1.29 is 9.53 Å². The first-order chi connectivity index (χ1) is 16.6. The van der Waals surface area contributed by atoms with E-state index >= 15 is 0 Å². The highest BCUT2D eigenvalue weighted by atomic mass is 79.9. The molecule has 4 aromatic rings. The number of carbonyl (C=O) groups is 1. The maximum absolute atomic E-state index is 12.6. The summed E-state index contributed by atoms with van der Waals surface area (Å²) in [6.45, 7) is 2.50. The average Bonchev–Trinajstić information content (AvgIpc) is 2.87. The van der Waals surface area contributed by atoms with Crippen LogP contribution in [0.1, 0.15) is 23.6 Å². The zero-order chi connectivity index (χ0) is 23.9.